The van der Waals surface area contributed by atoms with Crippen LogP contribution in [0, 0.1) is 6.92 Å². The van der Waals surface area contributed by atoms with Gasteiger partial charge in [0.05, 0.1) is 12.8 Å². The molecule has 1 heterocycles. The summed E-state index contributed by atoms with van der Waals surface area (Å²) in [7, 11) is 1.42. The van der Waals surface area contributed by atoms with Crippen molar-refractivity contribution in [2.24, 2.45) is 0 Å². The summed E-state index contributed by atoms with van der Waals surface area (Å²) in [4.78, 5) is 27.0. The maximum Gasteiger partial charge on any atom is 0.325 e. The molecule has 1 aromatic heterocycles. The topological polar surface area (TPSA) is 107 Å². The van der Waals surface area contributed by atoms with Crippen molar-refractivity contribution >= 4 is 11.9 Å². The lowest BCUT2D eigenvalue weighted by molar-refractivity contribution is -0.141. The van der Waals surface area contributed by atoms with Gasteiger partial charge in [0.15, 0.2) is 18.2 Å². The molecule has 116 valence electrons. The number of aromatic hydroxyl groups is 1. The second kappa shape index (κ2) is 8.05. The minimum atomic E-state index is -0.614. The van der Waals surface area contributed by atoms with Gasteiger partial charge in [-0.1, -0.05) is 0 Å². The quantitative estimate of drug-likeness (QED) is 0.553. The van der Waals surface area contributed by atoms with Crippen molar-refractivity contribution < 1.29 is 28.9 Å². The van der Waals surface area contributed by atoms with E-state index in [9.17, 15) is 14.7 Å². The molecule has 0 aliphatic carbocycles. The number of amides is 1. The molecule has 0 bridgehead atoms. The van der Waals surface area contributed by atoms with Gasteiger partial charge >= 0.3 is 5.97 Å². The number of aromatic nitrogens is 1. The van der Waals surface area contributed by atoms with Crippen molar-refractivity contribution in [2.75, 3.05) is 27.1 Å². The number of pyridine rings is 1. The molecule has 0 fully saturated rings. The number of nitrogens with one attached hydrogen (secondary N) is 1. The average molecular weight is 298 g/mol. The number of carbonyl (C=O) groups is 2. The zero-order valence-corrected chi connectivity index (χ0v) is 12.1. The van der Waals surface area contributed by atoms with E-state index in [1.807, 2.05) is 0 Å². The van der Waals surface area contributed by atoms with E-state index in [2.05, 4.69) is 10.3 Å². The molecular weight excluding hydrogens is 280 g/mol. The summed E-state index contributed by atoms with van der Waals surface area (Å²) in [5.74, 6) is -1.18. The van der Waals surface area contributed by atoms with Crippen LogP contribution in [0.1, 0.15) is 23.0 Å². The molecule has 0 saturated carbocycles. The molecule has 0 radical (unpaired) electrons. The first-order valence-corrected chi connectivity index (χ1v) is 6.25. The summed E-state index contributed by atoms with van der Waals surface area (Å²) >= 11 is 0. The van der Waals surface area contributed by atoms with Crippen molar-refractivity contribution in [3.63, 3.8) is 0 Å². The molecule has 1 rings (SSSR count). The largest absolute Gasteiger partial charge is 0.506 e. The van der Waals surface area contributed by atoms with Gasteiger partial charge in [-0.25, -0.2) is 4.98 Å². The number of hydrogen-bond donors (Lipinski definition) is 2. The van der Waals surface area contributed by atoms with E-state index in [1.165, 1.54) is 7.11 Å². The zero-order valence-electron chi connectivity index (χ0n) is 12.1. The van der Waals surface area contributed by atoms with Gasteiger partial charge < -0.3 is 24.6 Å². The van der Waals surface area contributed by atoms with Gasteiger partial charge in [-0.15, -0.1) is 0 Å². The van der Waals surface area contributed by atoms with Gasteiger partial charge in [0, 0.05) is 12.7 Å². The first kappa shape index (κ1) is 16.7. The summed E-state index contributed by atoms with van der Waals surface area (Å²) in [5.41, 5.74) is 0.301. The Bertz CT molecular complexity index is 518. The lowest BCUT2D eigenvalue weighted by Gasteiger charge is -2.13. The highest BCUT2D eigenvalue weighted by molar-refractivity contribution is 5.97. The molecule has 0 atom stereocenters. The van der Waals surface area contributed by atoms with Crippen molar-refractivity contribution in [3.8, 4) is 11.5 Å². The van der Waals surface area contributed by atoms with E-state index in [4.69, 9.17) is 14.2 Å². The molecule has 8 nitrogen and oxygen atoms in total. The van der Waals surface area contributed by atoms with Gasteiger partial charge in [-0.3, -0.25) is 9.59 Å². The highest BCUT2D eigenvalue weighted by Gasteiger charge is 2.20. The summed E-state index contributed by atoms with van der Waals surface area (Å²) in [5, 5.41) is 12.0. The molecule has 0 aliphatic heterocycles. The number of hydrogen-bond acceptors (Lipinski definition) is 7. The fraction of sp³-hybridized carbons (Fsp3) is 0.462. The smallest absolute Gasteiger partial charge is 0.325 e. The van der Waals surface area contributed by atoms with Gasteiger partial charge in [0.2, 0.25) is 0 Å². The van der Waals surface area contributed by atoms with Crippen LogP contribution in [0.3, 0.4) is 0 Å². The standard InChI is InChI=1S/C13H18N2O6/c1-4-20-10(17)6-15-13(18)11-12(21-7-19-3)8(2)9(16)5-14-11/h5,16H,4,6-7H2,1-3H3,(H,15,18). The predicted octanol–water partition coefficient (Wildman–Crippen LogP) is 0.371. The molecular formula is C13H18N2O6. The van der Waals surface area contributed by atoms with E-state index < -0.39 is 11.9 Å². The van der Waals surface area contributed by atoms with Crippen LogP contribution in [0.15, 0.2) is 6.20 Å². The first-order valence-electron chi connectivity index (χ1n) is 6.25. The Kier molecular flexibility index (Phi) is 6.41. The monoisotopic (exact) mass is 298 g/mol. The Morgan fingerprint density at radius 3 is 2.76 bits per heavy atom. The van der Waals surface area contributed by atoms with E-state index in [0.717, 1.165) is 6.20 Å². The third-order valence-corrected chi connectivity index (χ3v) is 2.49. The molecule has 1 amide bonds. The molecule has 0 aromatic carbocycles. The van der Waals surface area contributed by atoms with Gasteiger partial charge in [-0.2, -0.15) is 0 Å². The fourth-order valence-electron chi connectivity index (χ4n) is 1.48. The van der Waals surface area contributed by atoms with Crippen molar-refractivity contribution in [3.05, 3.63) is 17.5 Å². The molecule has 2 N–H and O–H groups in total. The molecule has 1 aromatic rings. The SMILES string of the molecule is CCOC(=O)CNC(=O)c1ncc(O)c(C)c1OCOC. The van der Waals surface area contributed by atoms with Gasteiger partial charge in [0.1, 0.15) is 12.3 Å². The third kappa shape index (κ3) is 4.60. The van der Waals surface area contributed by atoms with E-state index >= 15 is 0 Å². The van der Waals surface area contributed by atoms with Crippen LogP contribution in [-0.2, 0) is 14.3 Å². The second-order valence-electron chi connectivity index (χ2n) is 3.98. The van der Waals surface area contributed by atoms with Crippen LogP contribution < -0.4 is 10.1 Å². The number of methoxy groups -OCH3 is 1. The van der Waals surface area contributed by atoms with E-state index in [-0.39, 0.29) is 37.1 Å². The maximum absolute atomic E-state index is 12.0. The molecule has 0 aliphatic rings. The van der Waals surface area contributed by atoms with Crippen LogP contribution in [-0.4, -0.2) is 49.0 Å². The Balaban J connectivity index is 2.87. The Morgan fingerprint density at radius 1 is 1.43 bits per heavy atom. The Morgan fingerprint density at radius 2 is 2.14 bits per heavy atom. The predicted molar refractivity (Wildman–Crippen MR) is 72.1 cm³/mol. The minimum Gasteiger partial charge on any atom is -0.506 e. The van der Waals surface area contributed by atoms with E-state index in [1.54, 1.807) is 13.8 Å². The van der Waals surface area contributed by atoms with Crippen LogP contribution >= 0.6 is 0 Å². The minimum absolute atomic E-state index is 0.0494. The van der Waals surface area contributed by atoms with Gasteiger partial charge in [0.25, 0.3) is 5.91 Å². The summed E-state index contributed by atoms with van der Waals surface area (Å²) in [6.45, 7) is 3.08. The number of nitrogens with zero attached hydrogens (tertiary/aromatic N) is 1. The summed E-state index contributed by atoms with van der Waals surface area (Å²) < 4.78 is 14.7. The fourth-order valence-corrected chi connectivity index (χ4v) is 1.48. The van der Waals surface area contributed by atoms with E-state index in [0.29, 0.717) is 5.56 Å². The van der Waals surface area contributed by atoms with Crippen LogP contribution in [0.2, 0.25) is 0 Å². The molecule has 0 spiro atoms. The molecule has 0 saturated heterocycles. The highest BCUT2D eigenvalue weighted by Crippen LogP contribution is 2.28. The Hall–Kier alpha value is -2.35. The molecule has 21 heavy (non-hydrogen) atoms. The third-order valence-electron chi connectivity index (χ3n) is 2.49. The molecule has 8 heteroatoms. The van der Waals surface area contributed by atoms with Gasteiger partial charge in [-0.05, 0) is 13.8 Å². The number of esters is 1. The lowest BCUT2D eigenvalue weighted by Crippen LogP contribution is -2.31. The van der Waals surface area contributed by atoms with Crippen LogP contribution in [0.25, 0.3) is 0 Å². The average Bonchev–Trinajstić information content (AvgIpc) is 2.46. The molecule has 0 unspecified atom stereocenters. The zero-order chi connectivity index (χ0) is 15.8. The normalized spacial score (nSPS) is 10.0. The van der Waals surface area contributed by atoms with Crippen molar-refractivity contribution in [1.29, 1.82) is 0 Å². The number of rotatable bonds is 7. The second-order valence-corrected chi connectivity index (χ2v) is 3.98. The maximum atomic E-state index is 12.0. The Labute approximate surface area is 122 Å². The summed E-state index contributed by atoms with van der Waals surface area (Å²) in [6, 6.07) is 0. The highest BCUT2D eigenvalue weighted by atomic mass is 16.7. The summed E-state index contributed by atoms with van der Waals surface area (Å²) in [6.07, 6.45) is 1.13. The van der Waals surface area contributed by atoms with Crippen LogP contribution in [0.4, 0.5) is 0 Å². The van der Waals surface area contributed by atoms with Crippen molar-refractivity contribution in [2.45, 2.75) is 13.8 Å². The van der Waals surface area contributed by atoms with Crippen LogP contribution in [0.5, 0.6) is 11.5 Å². The number of ether oxygens (including phenoxy) is 3. The first-order chi connectivity index (χ1) is 10.0. The number of carbonyl (C=O) groups excluding carboxylic acids is 2. The van der Waals surface area contributed by atoms with Crippen molar-refractivity contribution in [1.82, 2.24) is 10.3 Å². The lowest BCUT2D eigenvalue weighted by atomic mass is 10.2.